The summed E-state index contributed by atoms with van der Waals surface area (Å²) in [6.07, 6.45) is 1.12. The summed E-state index contributed by atoms with van der Waals surface area (Å²) in [5, 5.41) is 9.13. The first kappa shape index (κ1) is 20.9. The molecule has 0 aromatic heterocycles. The smallest absolute Gasteiger partial charge is 0.308 e. The van der Waals surface area contributed by atoms with Crippen molar-refractivity contribution in [2.75, 3.05) is 32.4 Å². The molecule has 0 radical (unpaired) electrons. The monoisotopic (exact) mass is 396 g/mol. The van der Waals surface area contributed by atoms with E-state index in [9.17, 15) is 22.8 Å². The van der Waals surface area contributed by atoms with Crippen molar-refractivity contribution >= 4 is 27.6 Å². The van der Waals surface area contributed by atoms with Crippen LogP contribution in [0.1, 0.15) is 30.1 Å². The van der Waals surface area contributed by atoms with Crippen molar-refractivity contribution in [2.24, 2.45) is 5.92 Å². The summed E-state index contributed by atoms with van der Waals surface area (Å²) in [5.74, 6) is -2.59. The largest absolute Gasteiger partial charge is 0.481 e. The lowest BCUT2D eigenvalue weighted by molar-refractivity contribution is -0.145. The minimum absolute atomic E-state index is 0.0247. The quantitative estimate of drug-likeness (QED) is 0.764. The van der Waals surface area contributed by atoms with Gasteiger partial charge in [-0.1, -0.05) is 19.1 Å². The topological polar surface area (TPSA) is 112 Å². The van der Waals surface area contributed by atoms with Crippen LogP contribution in [-0.2, 0) is 19.4 Å². The fourth-order valence-electron chi connectivity index (χ4n) is 3.06. The maximum atomic E-state index is 12.7. The zero-order valence-corrected chi connectivity index (χ0v) is 16.2. The number of piperidine rings is 1. The predicted molar refractivity (Wildman–Crippen MR) is 98.1 cm³/mol. The Morgan fingerprint density at radius 1 is 1.26 bits per heavy atom. The van der Waals surface area contributed by atoms with Crippen molar-refractivity contribution in [1.82, 2.24) is 9.80 Å². The Kier molecular flexibility index (Phi) is 6.59. The van der Waals surface area contributed by atoms with Gasteiger partial charge < -0.3 is 14.9 Å². The number of nitrogens with zero attached hydrogens (tertiary/aromatic N) is 2. The highest BCUT2D eigenvalue weighted by molar-refractivity contribution is 7.91. The minimum Gasteiger partial charge on any atom is -0.481 e. The number of carbonyl (C=O) groups is 3. The molecule has 1 aliphatic heterocycles. The van der Waals surface area contributed by atoms with E-state index in [1.165, 1.54) is 31.0 Å². The molecule has 1 aliphatic rings. The Morgan fingerprint density at radius 2 is 1.93 bits per heavy atom. The van der Waals surface area contributed by atoms with Gasteiger partial charge in [-0.15, -0.1) is 0 Å². The van der Waals surface area contributed by atoms with Gasteiger partial charge in [-0.2, -0.15) is 0 Å². The zero-order chi connectivity index (χ0) is 20.2. The molecule has 2 amide bonds. The highest BCUT2D eigenvalue weighted by Gasteiger charge is 2.30. The van der Waals surface area contributed by atoms with Gasteiger partial charge in [-0.25, -0.2) is 8.42 Å². The molecule has 0 saturated carbocycles. The molecule has 0 bridgehead atoms. The highest BCUT2D eigenvalue weighted by atomic mass is 32.2. The number of carboxylic acid groups (broad SMARTS) is 1. The van der Waals surface area contributed by atoms with Crippen LogP contribution in [0, 0.1) is 5.92 Å². The summed E-state index contributed by atoms with van der Waals surface area (Å²) < 4.78 is 24.4. The van der Waals surface area contributed by atoms with E-state index in [1.54, 1.807) is 12.1 Å². The predicted octanol–water partition coefficient (Wildman–Crippen LogP) is 0.875. The van der Waals surface area contributed by atoms with Gasteiger partial charge in [-0.3, -0.25) is 14.4 Å². The third-order valence-corrected chi connectivity index (χ3v) is 6.46. The van der Waals surface area contributed by atoms with Crippen molar-refractivity contribution in [3.05, 3.63) is 29.8 Å². The lowest BCUT2D eigenvalue weighted by atomic mass is 9.98. The molecule has 27 heavy (non-hydrogen) atoms. The standard InChI is InChI=1S/C18H24N2O6S/c1-3-27(25,26)15-9-5-4-8-14(15)17(22)19(2)12-16(21)20-10-6-7-13(11-20)18(23)24/h4-5,8-9,13H,3,6-7,10-12H2,1-2H3,(H,23,24). The number of aliphatic carboxylic acids is 1. The second-order valence-electron chi connectivity index (χ2n) is 6.58. The molecule has 1 heterocycles. The van der Waals surface area contributed by atoms with Crippen molar-refractivity contribution in [3.63, 3.8) is 0 Å². The summed E-state index contributed by atoms with van der Waals surface area (Å²) in [4.78, 5) is 38.9. The van der Waals surface area contributed by atoms with Crippen LogP contribution in [0.4, 0.5) is 0 Å². The molecular formula is C18H24N2O6S. The van der Waals surface area contributed by atoms with Gasteiger partial charge >= 0.3 is 5.97 Å². The van der Waals surface area contributed by atoms with Crippen LogP contribution < -0.4 is 0 Å². The molecule has 0 aliphatic carbocycles. The number of hydrogen-bond donors (Lipinski definition) is 1. The van der Waals surface area contributed by atoms with Crippen LogP contribution in [-0.4, -0.2) is 73.5 Å². The minimum atomic E-state index is -3.58. The summed E-state index contributed by atoms with van der Waals surface area (Å²) >= 11 is 0. The van der Waals surface area contributed by atoms with Gasteiger partial charge in [0.25, 0.3) is 5.91 Å². The van der Waals surface area contributed by atoms with Crippen LogP contribution in [0.3, 0.4) is 0 Å². The Hall–Kier alpha value is -2.42. The van der Waals surface area contributed by atoms with Gasteiger partial charge in [0.2, 0.25) is 5.91 Å². The van der Waals surface area contributed by atoms with Crippen LogP contribution in [0.15, 0.2) is 29.2 Å². The molecular weight excluding hydrogens is 372 g/mol. The zero-order valence-electron chi connectivity index (χ0n) is 15.4. The number of likely N-dealkylation sites (tertiary alicyclic amines) is 1. The maximum absolute atomic E-state index is 12.7. The Balaban J connectivity index is 2.13. The molecule has 1 unspecified atom stereocenters. The Bertz CT molecular complexity index is 836. The van der Waals surface area contributed by atoms with Crippen LogP contribution in [0.2, 0.25) is 0 Å². The summed E-state index contributed by atoms with van der Waals surface area (Å²) in [6.45, 7) is 1.83. The molecule has 2 rings (SSSR count). The lowest BCUT2D eigenvalue weighted by Crippen LogP contribution is -2.47. The average Bonchev–Trinajstić information content (AvgIpc) is 2.67. The molecule has 0 spiro atoms. The number of sulfone groups is 1. The summed E-state index contributed by atoms with van der Waals surface area (Å²) in [6, 6.07) is 5.92. The Labute approximate surface area is 158 Å². The van der Waals surface area contributed by atoms with E-state index in [-0.39, 0.29) is 35.2 Å². The molecule has 1 saturated heterocycles. The van der Waals surface area contributed by atoms with Crippen molar-refractivity contribution in [3.8, 4) is 0 Å². The van der Waals surface area contributed by atoms with E-state index in [0.29, 0.717) is 19.4 Å². The number of hydrogen-bond acceptors (Lipinski definition) is 5. The van der Waals surface area contributed by atoms with Crippen molar-refractivity contribution < 1.29 is 27.9 Å². The van der Waals surface area contributed by atoms with Gasteiger partial charge in [0.05, 0.1) is 28.7 Å². The molecule has 1 N–H and O–H groups in total. The molecule has 1 aromatic rings. The number of benzene rings is 1. The third-order valence-electron chi connectivity index (χ3n) is 4.68. The first-order valence-electron chi connectivity index (χ1n) is 8.75. The van der Waals surface area contributed by atoms with E-state index >= 15 is 0 Å². The molecule has 8 nitrogen and oxygen atoms in total. The Morgan fingerprint density at radius 3 is 2.56 bits per heavy atom. The molecule has 1 aromatic carbocycles. The first-order chi connectivity index (χ1) is 12.7. The SMILES string of the molecule is CCS(=O)(=O)c1ccccc1C(=O)N(C)CC(=O)N1CCCC(C(=O)O)C1. The van der Waals surface area contributed by atoms with E-state index in [1.807, 2.05) is 0 Å². The molecule has 9 heteroatoms. The number of amides is 2. The normalized spacial score (nSPS) is 17.4. The van der Waals surface area contributed by atoms with Gasteiger partial charge in [-0.05, 0) is 25.0 Å². The van der Waals surface area contributed by atoms with Gasteiger partial charge in [0.1, 0.15) is 0 Å². The highest BCUT2D eigenvalue weighted by Crippen LogP contribution is 2.20. The van der Waals surface area contributed by atoms with E-state index in [4.69, 9.17) is 5.11 Å². The van der Waals surface area contributed by atoms with E-state index in [0.717, 1.165) is 4.90 Å². The number of carboxylic acids is 1. The molecule has 148 valence electrons. The second-order valence-corrected chi connectivity index (χ2v) is 8.82. The average molecular weight is 396 g/mol. The number of likely N-dealkylation sites (N-methyl/N-ethyl adjacent to an activating group) is 1. The number of carbonyl (C=O) groups excluding carboxylic acids is 2. The van der Waals surface area contributed by atoms with Gasteiger partial charge in [0, 0.05) is 20.1 Å². The third kappa shape index (κ3) is 4.85. The lowest BCUT2D eigenvalue weighted by Gasteiger charge is -2.32. The summed E-state index contributed by atoms with van der Waals surface area (Å²) in [5.41, 5.74) is 0.0247. The van der Waals surface area contributed by atoms with Crippen LogP contribution in [0.5, 0.6) is 0 Å². The van der Waals surface area contributed by atoms with Crippen molar-refractivity contribution in [2.45, 2.75) is 24.7 Å². The maximum Gasteiger partial charge on any atom is 0.308 e. The molecule has 1 fully saturated rings. The fraction of sp³-hybridized carbons (Fsp3) is 0.500. The fourth-order valence-corrected chi connectivity index (χ4v) is 4.14. The van der Waals surface area contributed by atoms with Crippen LogP contribution >= 0.6 is 0 Å². The van der Waals surface area contributed by atoms with E-state index in [2.05, 4.69) is 0 Å². The van der Waals surface area contributed by atoms with E-state index < -0.39 is 27.6 Å². The molecule has 1 atom stereocenters. The van der Waals surface area contributed by atoms with Gasteiger partial charge in [0.15, 0.2) is 9.84 Å². The van der Waals surface area contributed by atoms with Crippen LogP contribution in [0.25, 0.3) is 0 Å². The summed E-state index contributed by atoms with van der Waals surface area (Å²) in [7, 11) is -2.16. The van der Waals surface area contributed by atoms with Crippen molar-refractivity contribution in [1.29, 1.82) is 0 Å². The number of rotatable bonds is 6. The second kappa shape index (κ2) is 8.51. The first-order valence-corrected chi connectivity index (χ1v) is 10.4.